The van der Waals surface area contributed by atoms with E-state index in [9.17, 15) is 13.2 Å². The Hall–Kier alpha value is -1.26. The molecular formula is C10H8BrF3N2O. The van der Waals surface area contributed by atoms with E-state index in [1.54, 1.807) is 18.2 Å². The van der Waals surface area contributed by atoms with Crippen molar-refractivity contribution in [2.45, 2.75) is 6.36 Å². The predicted molar refractivity (Wildman–Crippen MR) is 59.4 cm³/mol. The molecule has 0 bridgehead atoms. The van der Waals surface area contributed by atoms with Crippen molar-refractivity contribution in [2.24, 2.45) is 0 Å². The van der Waals surface area contributed by atoms with Crippen LogP contribution in [0, 0.1) is 11.3 Å². The summed E-state index contributed by atoms with van der Waals surface area (Å²) < 4.78 is 39.4. The number of nitrogens with zero attached hydrogens (tertiary/aromatic N) is 1. The Labute approximate surface area is 104 Å². The molecule has 92 valence electrons. The van der Waals surface area contributed by atoms with E-state index in [1.807, 2.05) is 6.07 Å². The van der Waals surface area contributed by atoms with E-state index in [2.05, 4.69) is 26.0 Å². The molecule has 0 radical (unpaired) electrons. The van der Waals surface area contributed by atoms with Crippen molar-refractivity contribution in [3.63, 3.8) is 0 Å². The molecule has 0 aliphatic carbocycles. The lowest BCUT2D eigenvalue weighted by Crippen LogP contribution is -2.19. The van der Waals surface area contributed by atoms with Crippen LogP contribution in [0.5, 0.6) is 0 Å². The van der Waals surface area contributed by atoms with E-state index in [4.69, 9.17) is 5.26 Å². The molecule has 0 heterocycles. The molecule has 0 saturated heterocycles. The van der Waals surface area contributed by atoms with E-state index in [0.717, 1.165) is 4.47 Å². The second-order valence-corrected chi connectivity index (χ2v) is 3.94. The second kappa shape index (κ2) is 5.89. The molecule has 0 atom stereocenters. The lowest BCUT2D eigenvalue weighted by Gasteiger charge is -2.10. The highest BCUT2D eigenvalue weighted by Crippen LogP contribution is 2.21. The van der Waals surface area contributed by atoms with Gasteiger partial charge in [0.15, 0.2) is 0 Å². The van der Waals surface area contributed by atoms with Crippen LogP contribution >= 0.6 is 15.9 Å². The van der Waals surface area contributed by atoms with Crippen molar-refractivity contribution < 1.29 is 17.9 Å². The van der Waals surface area contributed by atoms with Crippen LogP contribution in [0.1, 0.15) is 5.56 Å². The van der Waals surface area contributed by atoms with Crippen LogP contribution in [0.2, 0.25) is 0 Å². The highest BCUT2D eigenvalue weighted by Gasteiger charge is 2.28. The van der Waals surface area contributed by atoms with Gasteiger partial charge < -0.3 is 5.32 Å². The third kappa shape index (κ3) is 5.06. The number of rotatable bonds is 4. The van der Waals surface area contributed by atoms with Gasteiger partial charge in [0.05, 0.1) is 17.9 Å². The number of nitriles is 1. The largest absolute Gasteiger partial charge is 0.522 e. The van der Waals surface area contributed by atoms with Gasteiger partial charge >= 0.3 is 6.36 Å². The fourth-order valence-corrected chi connectivity index (χ4v) is 1.47. The minimum atomic E-state index is -4.63. The van der Waals surface area contributed by atoms with Crippen LogP contribution in [0.15, 0.2) is 22.7 Å². The summed E-state index contributed by atoms with van der Waals surface area (Å²) in [6.07, 6.45) is -4.63. The molecule has 0 aliphatic heterocycles. The topological polar surface area (TPSA) is 45.0 Å². The first-order chi connectivity index (χ1) is 7.92. The quantitative estimate of drug-likeness (QED) is 0.868. The number of nitrogens with one attached hydrogen (secondary N) is 1. The summed E-state index contributed by atoms with van der Waals surface area (Å²) in [4.78, 5) is 0. The van der Waals surface area contributed by atoms with Gasteiger partial charge in [-0.25, -0.2) is 0 Å². The van der Waals surface area contributed by atoms with Crippen molar-refractivity contribution >= 4 is 21.6 Å². The smallest absolute Gasteiger partial charge is 0.382 e. The summed E-state index contributed by atoms with van der Waals surface area (Å²) in [6, 6.07) is 6.79. The predicted octanol–water partition coefficient (Wildman–Crippen LogP) is 3.27. The lowest BCUT2D eigenvalue weighted by molar-refractivity contribution is -0.322. The van der Waals surface area contributed by atoms with Crippen LogP contribution in [0.3, 0.4) is 0 Å². The van der Waals surface area contributed by atoms with Gasteiger partial charge in [0, 0.05) is 11.0 Å². The van der Waals surface area contributed by atoms with Gasteiger partial charge in [-0.15, -0.1) is 13.2 Å². The van der Waals surface area contributed by atoms with Crippen LogP contribution in [0.4, 0.5) is 18.9 Å². The zero-order valence-electron chi connectivity index (χ0n) is 8.51. The lowest BCUT2D eigenvalue weighted by atomic mass is 10.2. The maximum absolute atomic E-state index is 11.7. The molecule has 0 saturated carbocycles. The number of alkyl halides is 3. The van der Waals surface area contributed by atoms with Crippen LogP contribution in [0.25, 0.3) is 0 Å². The summed E-state index contributed by atoms with van der Waals surface area (Å²) in [5.74, 6) is 0. The van der Waals surface area contributed by atoms with E-state index in [1.165, 1.54) is 0 Å². The van der Waals surface area contributed by atoms with Crippen LogP contribution in [-0.2, 0) is 4.74 Å². The minimum absolute atomic E-state index is 0.0371. The first-order valence-corrected chi connectivity index (χ1v) is 5.36. The Bertz CT molecular complexity index is 429. The summed E-state index contributed by atoms with van der Waals surface area (Å²) in [5, 5.41) is 11.5. The van der Waals surface area contributed by atoms with Gasteiger partial charge in [-0.1, -0.05) is 15.9 Å². The Morgan fingerprint density at radius 2 is 2.12 bits per heavy atom. The molecule has 1 N–H and O–H groups in total. The SMILES string of the molecule is N#Cc1ccc(Br)cc1NCCOC(F)(F)F. The van der Waals surface area contributed by atoms with Crippen molar-refractivity contribution in [1.82, 2.24) is 0 Å². The van der Waals surface area contributed by atoms with Gasteiger partial charge in [-0.2, -0.15) is 5.26 Å². The molecule has 1 rings (SSSR count). The van der Waals surface area contributed by atoms with Gasteiger partial charge in [0.1, 0.15) is 6.07 Å². The summed E-state index contributed by atoms with van der Waals surface area (Å²) >= 11 is 3.21. The van der Waals surface area contributed by atoms with E-state index in [0.29, 0.717) is 11.3 Å². The first-order valence-electron chi connectivity index (χ1n) is 4.56. The molecule has 3 nitrogen and oxygen atoms in total. The third-order valence-electron chi connectivity index (χ3n) is 1.79. The monoisotopic (exact) mass is 308 g/mol. The standard InChI is InChI=1S/C10H8BrF3N2O/c11-8-2-1-7(6-15)9(5-8)16-3-4-17-10(12,13)14/h1-2,5,16H,3-4H2. The molecule has 0 aromatic heterocycles. The van der Waals surface area contributed by atoms with E-state index >= 15 is 0 Å². The fraction of sp³-hybridized carbons (Fsp3) is 0.300. The van der Waals surface area contributed by atoms with Crippen LogP contribution < -0.4 is 5.32 Å². The van der Waals surface area contributed by atoms with Crippen molar-refractivity contribution in [3.8, 4) is 6.07 Å². The average Bonchev–Trinajstić information content (AvgIpc) is 2.23. The molecule has 1 aromatic rings. The van der Waals surface area contributed by atoms with Crippen molar-refractivity contribution in [2.75, 3.05) is 18.5 Å². The van der Waals surface area contributed by atoms with Gasteiger partial charge in [0.25, 0.3) is 0 Å². The molecule has 1 aromatic carbocycles. The normalized spacial score (nSPS) is 11.0. The summed E-state index contributed by atoms with van der Waals surface area (Å²) in [6.45, 7) is -0.550. The molecule has 7 heteroatoms. The van der Waals surface area contributed by atoms with Crippen LogP contribution in [-0.4, -0.2) is 19.5 Å². The summed E-state index contributed by atoms with van der Waals surface area (Å²) in [7, 11) is 0. The maximum Gasteiger partial charge on any atom is 0.522 e. The molecule has 0 aliphatic rings. The maximum atomic E-state index is 11.7. The number of hydrogen-bond acceptors (Lipinski definition) is 3. The van der Waals surface area contributed by atoms with Gasteiger partial charge in [0.2, 0.25) is 0 Å². The number of anilines is 1. The van der Waals surface area contributed by atoms with E-state index < -0.39 is 13.0 Å². The Kier molecular flexibility index (Phi) is 4.78. The van der Waals surface area contributed by atoms with E-state index in [-0.39, 0.29) is 6.54 Å². The zero-order valence-corrected chi connectivity index (χ0v) is 10.1. The fourth-order valence-electron chi connectivity index (χ4n) is 1.11. The molecule has 0 unspecified atom stereocenters. The molecule has 0 fully saturated rings. The average molecular weight is 309 g/mol. The molecule has 0 amide bonds. The Balaban J connectivity index is 2.52. The highest BCUT2D eigenvalue weighted by molar-refractivity contribution is 9.10. The highest BCUT2D eigenvalue weighted by atomic mass is 79.9. The van der Waals surface area contributed by atoms with Crippen molar-refractivity contribution in [1.29, 1.82) is 5.26 Å². The second-order valence-electron chi connectivity index (χ2n) is 3.02. The molecular weight excluding hydrogens is 301 g/mol. The van der Waals surface area contributed by atoms with Gasteiger partial charge in [-0.3, -0.25) is 4.74 Å². The van der Waals surface area contributed by atoms with Gasteiger partial charge in [-0.05, 0) is 18.2 Å². The Morgan fingerprint density at radius 3 is 2.71 bits per heavy atom. The number of halogens is 4. The number of hydrogen-bond donors (Lipinski definition) is 1. The first kappa shape index (κ1) is 13.8. The third-order valence-corrected chi connectivity index (χ3v) is 2.28. The molecule has 0 spiro atoms. The zero-order chi connectivity index (χ0) is 12.9. The summed E-state index contributed by atoms with van der Waals surface area (Å²) in [5.41, 5.74) is 0.827. The number of ether oxygens (including phenoxy) is 1. The van der Waals surface area contributed by atoms with Crippen molar-refractivity contribution in [3.05, 3.63) is 28.2 Å². The molecule has 17 heavy (non-hydrogen) atoms. The minimum Gasteiger partial charge on any atom is -0.382 e. The number of benzene rings is 1. The Morgan fingerprint density at radius 1 is 1.41 bits per heavy atom.